The van der Waals surface area contributed by atoms with Gasteiger partial charge in [0.15, 0.2) is 5.11 Å². The third-order valence-corrected chi connectivity index (χ3v) is 3.52. The Kier molecular flexibility index (Phi) is 5.36. The number of rotatable bonds is 5. The van der Waals surface area contributed by atoms with E-state index in [0.29, 0.717) is 0 Å². The molecule has 0 atom stereocenters. The Morgan fingerprint density at radius 2 is 2.05 bits per heavy atom. The summed E-state index contributed by atoms with van der Waals surface area (Å²) in [5.74, 6) is 0. The molecule has 0 bridgehead atoms. The molecule has 0 saturated heterocycles. The molecule has 0 aromatic heterocycles. The monoisotopic (exact) mass is 318 g/mol. The van der Waals surface area contributed by atoms with Crippen LogP contribution in [0.4, 0.5) is 5.69 Å². The fraction of sp³-hybridized carbons (Fsp3) is 0.300. The maximum Gasteiger partial charge on any atom is 0.270 e. The molecular weight excluding hydrogens is 304 g/mol. The number of thiocarbonyl (C=S) groups is 1. The zero-order valence-electron chi connectivity index (χ0n) is 10.8. The second-order valence-corrected chi connectivity index (χ2v) is 6.20. The quantitative estimate of drug-likeness (QED) is 0.415. The van der Waals surface area contributed by atoms with Crippen LogP contribution in [0.25, 0.3) is 0 Å². The first-order valence-corrected chi connectivity index (χ1v) is 7.44. The summed E-state index contributed by atoms with van der Waals surface area (Å²) in [5.41, 5.74) is 2.00. The van der Waals surface area contributed by atoms with Crippen LogP contribution in [0.2, 0.25) is 0 Å². The first-order chi connectivity index (χ1) is 9.22. The van der Waals surface area contributed by atoms with E-state index in [2.05, 4.69) is 10.7 Å². The van der Waals surface area contributed by atoms with Crippen molar-refractivity contribution in [2.45, 2.75) is 24.8 Å². The number of hydrogen-bond acceptors (Lipinski definition) is 5. The lowest BCUT2D eigenvalue weighted by atomic mass is 10.3. The van der Waals surface area contributed by atoms with Crippen molar-refractivity contribution in [3.63, 3.8) is 0 Å². The van der Waals surface area contributed by atoms with Gasteiger partial charge in [0, 0.05) is 18.2 Å². The summed E-state index contributed by atoms with van der Waals surface area (Å²) >= 11 is 4.86. The zero-order valence-corrected chi connectivity index (χ0v) is 12.4. The summed E-state index contributed by atoms with van der Waals surface area (Å²) < 4.78 is 23.8. The fourth-order valence-corrected chi connectivity index (χ4v) is 2.47. The standard InChI is InChI=1S/C10H14N4O4S2/c1-7(2)11-10(19)12-13-20(17,18)9-5-3-4-8(6-9)14(15)16/h3-7,13H,1-2H3,(H2,11,12,19). The maximum atomic E-state index is 11.9. The number of nitrogens with zero attached hydrogens (tertiary/aromatic N) is 1. The first kappa shape index (κ1) is 16.3. The highest BCUT2D eigenvalue weighted by atomic mass is 32.2. The van der Waals surface area contributed by atoms with Crippen LogP contribution < -0.4 is 15.6 Å². The van der Waals surface area contributed by atoms with Crippen molar-refractivity contribution in [2.24, 2.45) is 0 Å². The Bertz CT molecular complexity index is 615. The van der Waals surface area contributed by atoms with E-state index in [4.69, 9.17) is 12.2 Å². The van der Waals surface area contributed by atoms with Gasteiger partial charge in [-0.05, 0) is 32.1 Å². The zero-order chi connectivity index (χ0) is 15.3. The Balaban J connectivity index is 2.81. The number of sulfonamides is 1. The van der Waals surface area contributed by atoms with Gasteiger partial charge < -0.3 is 5.32 Å². The predicted molar refractivity (Wildman–Crippen MR) is 77.4 cm³/mol. The van der Waals surface area contributed by atoms with Crippen LogP contribution in [0.5, 0.6) is 0 Å². The number of nitro groups is 1. The van der Waals surface area contributed by atoms with Crippen LogP contribution in [0.15, 0.2) is 29.2 Å². The van der Waals surface area contributed by atoms with Crippen LogP contribution in [-0.4, -0.2) is 24.5 Å². The molecule has 8 nitrogen and oxygen atoms in total. The highest BCUT2D eigenvalue weighted by molar-refractivity contribution is 7.89. The van der Waals surface area contributed by atoms with Crippen molar-refractivity contribution < 1.29 is 13.3 Å². The Hall–Kier alpha value is -1.78. The summed E-state index contributed by atoms with van der Waals surface area (Å²) in [5, 5.41) is 13.5. The molecule has 1 aromatic rings. The number of non-ortho nitro benzene ring substituents is 1. The number of nitrogens with one attached hydrogen (secondary N) is 3. The highest BCUT2D eigenvalue weighted by Crippen LogP contribution is 2.16. The SMILES string of the molecule is CC(C)NC(=S)NNS(=O)(=O)c1cccc([N+](=O)[O-])c1. The lowest BCUT2D eigenvalue weighted by molar-refractivity contribution is -0.385. The molecule has 10 heteroatoms. The maximum absolute atomic E-state index is 11.9. The molecule has 1 rings (SSSR count). The Labute approximate surface area is 121 Å². The average Bonchev–Trinajstić information content (AvgIpc) is 2.36. The first-order valence-electron chi connectivity index (χ1n) is 5.55. The third-order valence-electron chi connectivity index (χ3n) is 2.06. The van der Waals surface area contributed by atoms with Crippen molar-refractivity contribution >= 4 is 33.0 Å². The lowest BCUT2D eigenvalue weighted by Gasteiger charge is -2.13. The molecule has 0 amide bonds. The lowest BCUT2D eigenvalue weighted by Crippen LogP contribution is -2.48. The number of nitro benzene ring substituents is 1. The van der Waals surface area contributed by atoms with Gasteiger partial charge in [0.05, 0.1) is 9.82 Å². The van der Waals surface area contributed by atoms with Crippen LogP contribution >= 0.6 is 12.2 Å². The summed E-state index contributed by atoms with van der Waals surface area (Å²) in [6.07, 6.45) is 0. The van der Waals surface area contributed by atoms with E-state index < -0.39 is 14.9 Å². The largest absolute Gasteiger partial charge is 0.359 e. The smallest absolute Gasteiger partial charge is 0.270 e. The normalized spacial score (nSPS) is 11.2. The van der Waals surface area contributed by atoms with Crippen molar-refractivity contribution in [3.05, 3.63) is 34.4 Å². The van der Waals surface area contributed by atoms with Crippen LogP contribution in [0, 0.1) is 10.1 Å². The summed E-state index contributed by atoms with van der Waals surface area (Å²) in [4.78, 5) is 11.8. The topological polar surface area (TPSA) is 113 Å². The van der Waals surface area contributed by atoms with Crippen molar-refractivity contribution in [3.8, 4) is 0 Å². The van der Waals surface area contributed by atoms with E-state index >= 15 is 0 Å². The highest BCUT2D eigenvalue weighted by Gasteiger charge is 2.17. The van der Waals surface area contributed by atoms with Gasteiger partial charge >= 0.3 is 0 Å². The van der Waals surface area contributed by atoms with Gasteiger partial charge in [-0.3, -0.25) is 15.5 Å². The second-order valence-electron chi connectivity index (χ2n) is 4.11. The average molecular weight is 318 g/mol. The van der Waals surface area contributed by atoms with Crippen molar-refractivity contribution in [1.29, 1.82) is 0 Å². The van der Waals surface area contributed by atoms with Crippen molar-refractivity contribution in [2.75, 3.05) is 0 Å². The Morgan fingerprint density at radius 3 is 2.60 bits per heavy atom. The van der Waals surface area contributed by atoms with Gasteiger partial charge in [-0.1, -0.05) is 6.07 Å². The molecule has 0 fully saturated rings. The van der Waals surface area contributed by atoms with E-state index in [1.807, 2.05) is 18.7 Å². The molecule has 1 aromatic carbocycles. The molecule has 3 N–H and O–H groups in total. The van der Waals surface area contributed by atoms with E-state index in [-0.39, 0.29) is 21.7 Å². The Morgan fingerprint density at radius 1 is 1.40 bits per heavy atom. The van der Waals surface area contributed by atoms with Crippen LogP contribution in [0.1, 0.15) is 13.8 Å². The van der Waals surface area contributed by atoms with Gasteiger partial charge in [-0.15, -0.1) is 4.83 Å². The number of hydrogen-bond donors (Lipinski definition) is 3. The van der Waals surface area contributed by atoms with Gasteiger partial charge in [-0.25, -0.2) is 8.42 Å². The van der Waals surface area contributed by atoms with Gasteiger partial charge in [0.25, 0.3) is 15.7 Å². The van der Waals surface area contributed by atoms with E-state index in [1.54, 1.807) is 0 Å². The summed E-state index contributed by atoms with van der Waals surface area (Å²) in [7, 11) is -3.94. The number of benzene rings is 1. The minimum atomic E-state index is -3.94. The minimum Gasteiger partial charge on any atom is -0.359 e. The van der Waals surface area contributed by atoms with Crippen LogP contribution in [0.3, 0.4) is 0 Å². The summed E-state index contributed by atoms with van der Waals surface area (Å²) in [6, 6.07) is 4.74. The van der Waals surface area contributed by atoms with E-state index in [0.717, 1.165) is 6.07 Å². The molecule has 0 spiro atoms. The molecule has 0 saturated carbocycles. The second kappa shape index (κ2) is 6.59. The molecule has 0 aliphatic rings. The molecule has 0 aliphatic carbocycles. The van der Waals surface area contributed by atoms with Crippen LogP contribution in [-0.2, 0) is 10.0 Å². The van der Waals surface area contributed by atoms with Gasteiger partial charge in [0.1, 0.15) is 0 Å². The van der Waals surface area contributed by atoms with Gasteiger partial charge in [-0.2, -0.15) is 0 Å². The fourth-order valence-electron chi connectivity index (χ4n) is 1.23. The molecule has 0 heterocycles. The molecule has 20 heavy (non-hydrogen) atoms. The van der Waals surface area contributed by atoms with E-state index in [9.17, 15) is 18.5 Å². The minimum absolute atomic E-state index is 0.0392. The molecule has 110 valence electrons. The summed E-state index contributed by atoms with van der Waals surface area (Å²) in [6.45, 7) is 3.67. The third kappa shape index (κ3) is 4.72. The van der Waals surface area contributed by atoms with Crippen molar-refractivity contribution in [1.82, 2.24) is 15.6 Å². The molecule has 0 radical (unpaired) electrons. The number of hydrazine groups is 1. The molecular formula is C10H14N4O4S2. The van der Waals surface area contributed by atoms with Gasteiger partial charge in [0.2, 0.25) is 0 Å². The van der Waals surface area contributed by atoms with E-state index in [1.165, 1.54) is 18.2 Å². The predicted octanol–water partition coefficient (Wildman–Crippen LogP) is 0.661. The molecule has 0 aliphatic heterocycles. The molecule has 0 unspecified atom stereocenters.